The lowest BCUT2D eigenvalue weighted by Gasteiger charge is -2.37. The quantitative estimate of drug-likeness (QED) is 0.845. The second-order valence-electron chi connectivity index (χ2n) is 6.90. The SMILES string of the molecule is Cc1cc(C)c(C#N)c(N2CCC(N(C)C(=O)c3ccn(C)n3)CC2)n1. The van der Waals surface area contributed by atoms with Crippen LogP contribution in [0.4, 0.5) is 5.82 Å². The molecule has 7 nitrogen and oxygen atoms in total. The van der Waals surface area contributed by atoms with E-state index in [2.05, 4.69) is 21.1 Å². The van der Waals surface area contributed by atoms with Crippen molar-refractivity contribution in [1.82, 2.24) is 19.7 Å². The Balaban J connectivity index is 1.70. The van der Waals surface area contributed by atoms with Gasteiger partial charge in [0.1, 0.15) is 17.6 Å². The summed E-state index contributed by atoms with van der Waals surface area (Å²) in [6, 6.07) is 6.13. The fourth-order valence-corrected chi connectivity index (χ4v) is 3.52. The van der Waals surface area contributed by atoms with Crippen LogP contribution in [0.25, 0.3) is 0 Å². The number of carbonyl (C=O) groups is 1. The molecule has 3 rings (SSSR count). The highest BCUT2D eigenvalue weighted by Gasteiger charge is 2.28. The zero-order chi connectivity index (χ0) is 18.8. The Kier molecular flexibility index (Phi) is 4.94. The van der Waals surface area contributed by atoms with Gasteiger partial charge in [-0.3, -0.25) is 9.48 Å². The van der Waals surface area contributed by atoms with E-state index in [1.54, 1.807) is 28.9 Å². The van der Waals surface area contributed by atoms with Crippen LogP contribution in [0, 0.1) is 25.2 Å². The summed E-state index contributed by atoms with van der Waals surface area (Å²) in [7, 11) is 3.64. The van der Waals surface area contributed by atoms with Gasteiger partial charge in [0.05, 0.1) is 5.56 Å². The fraction of sp³-hybridized carbons (Fsp3) is 0.474. The first-order valence-electron chi connectivity index (χ1n) is 8.80. The Morgan fingerprint density at radius 1 is 1.35 bits per heavy atom. The number of pyridine rings is 1. The number of aryl methyl sites for hydroxylation is 3. The van der Waals surface area contributed by atoms with Crippen molar-refractivity contribution in [3.05, 3.63) is 40.8 Å². The van der Waals surface area contributed by atoms with Crippen LogP contribution in [-0.2, 0) is 7.05 Å². The van der Waals surface area contributed by atoms with E-state index in [1.807, 2.05) is 27.0 Å². The maximum Gasteiger partial charge on any atom is 0.274 e. The second kappa shape index (κ2) is 7.16. The maximum absolute atomic E-state index is 12.6. The van der Waals surface area contributed by atoms with Crippen LogP contribution in [0.15, 0.2) is 18.3 Å². The second-order valence-corrected chi connectivity index (χ2v) is 6.90. The van der Waals surface area contributed by atoms with E-state index < -0.39 is 0 Å². The molecule has 0 aliphatic carbocycles. The van der Waals surface area contributed by atoms with Crippen LogP contribution in [0.5, 0.6) is 0 Å². The lowest BCUT2D eigenvalue weighted by Crippen LogP contribution is -2.46. The molecule has 3 heterocycles. The zero-order valence-electron chi connectivity index (χ0n) is 15.7. The van der Waals surface area contributed by atoms with Gasteiger partial charge in [0, 0.05) is 45.1 Å². The van der Waals surface area contributed by atoms with Gasteiger partial charge in [0.2, 0.25) is 0 Å². The van der Waals surface area contributed by atoms with E-state index in [0.29, 0.717) is 11.3 Å². The molecular formula is C19H24N6O. The normalized spacial score (nSPS) is 15.0. The molecule has 1 aliphatic heterocycles. The number of hydrogen-bond acceptors (Lipinski definition) is 5. The van der Waals surface area contributed by atoms with Gasteiger partial charge in [0.25, 0.3) is 5.91 Å². The van der Waals surface area contributed by atoms with Gasteiger partial charge >= 0.3 is 0 Å². The number of amides is 1. The van der Waals surface area contributed by atoms with Crippen LogP contribution >= 0.6 is 0 Å². The molecule has 0 radical (unpaired) electrons. The summed E-state index contributed by atoms with van der Waals surface area (Å²) in [6.45, 7) is 5.44. The molecule has 0 aromatic carbocycles. The van der Waals surface area contributed by atoms with Crippen molar-refractivity contribution in [3.63, 3.8) is 0 Å². The summed E-state index contributed by atoms with van der Waals surface area (Å²) >= 11 is 0. The topological polar surface area (TPSA) is 78.0 Å². The lowest BCUT2D eigenvalue weighted by atomic mass is 10.0. The average molecular weight is 352 g/mol. The summed E-state index contributed by atoms with van der Waals surface area (Å²) in [5, 5.41) is 13.7. The minimum atomic E-state index is -0.0497. The molecule has 2 aromatic rings. The zero-order valence-corrected chi connectivity index (χ0v) is 15.7. The molecular weight excluding hydrogens is 328 g/mol. The first kappa shape index (κ1) is 17.9. The molecule has 7 heteroatoms. The third-order valence-electron chi connectivity index (χ3n) is 5.00. The van der Waals surface area contributed by atoms with Crippen molar-refractivity contribution in [2.75, 3.05) is 25.0 Å². The third-order valence-corrected chi connectivity index (χ3v) is 5.00. The summed E-state index contributed by atoms with van der Waals surface area (Å²) < 4.78 is 1.64. The lowest BCUT2D eigenvalue weighted by molar-refractivity contribution is 0.0702. The number of hydrogen-bond donors (Lipinski definition) is 0. The molecule has 26 heavy (non-hydrogen) atoms. The van der Waals surface area contributed by atoms with Gasteiger partial charge in [-0.25, -0.2) is 4.98 Å². The van der Waals surface area contributed by atoms with Crippen molar-refractivity contribution < 1.29 is 4.79 Å². The molecule has 1 saturated heterocycles. The fourth-order valence-electron chi connectivity index (χ4n) is 3.52. The Morgan fingerprint density at radius 3 is 2.62 bits per heavy atom. The van der Waals surface area contributed by atoms with Crippen LogP contribution in [0.1, 0.15) is 40.2 Å². The van der Waals surface area contributed by atoms with E-state index in [1.165, 1.54) is 0 Å². The van der Waals surface area contributed by atoms with Gasteiger partial charge in [-0.15, -0.1) is 0 Å². The number of carbonyl (C=O) groups excluding carboxylic acids is 1. The van der Waals surface area contributed by atoms with Gasteiger partial charge in [-0.2, -0.15) is 10.4 Å². The van der Waals surface area contributed by atoms with Crippen molar-refractivity contribution >= 4 is 11.7 Å². The molecule has 0 unspecified atom stereocenters. The Bertz CT molecular complexity index is 857. The molecule has 0 atom stereocenters. The maximum atomic E-state index is 12.6. The summed E-state index contributed by atoms with van der Waals surface area (Å²) in [4.78, 5) is 21.1. The number of rotatable bonds is 3. The number of nitrogens with zero attached hydrogens (tertiary/aromatic N) is 6. The molecule has 2 aromatic heterocycles. The molecule has 0 bridgehead atoms. The minimum Gasteiger partial charge on any atom is -0.355 e. The van der Waals surface area contributed by atoms with Crippen molar-refractivity contribution in [1.29, 1.82) is 5.26 Å². The minimum absolute atomic E-state index is 0.0497. The first-order chi connectivity index (χ1) is 12.4. The van der Waals surface area contributed by atoms with E-state index in [0.717, 1.165) is 43.0 Å². The van der Waals surface area contributed by atoms with Crippen LogP contribution in [0.3, 0.4) is 0 Å². The number of anilines is 1. The highest BCUT2D eigenvalue weighted by atomic mass is 16.2. The predicted molar refractivity (Wildman–Crippen MR) is 99.0 cm³/mol. The number of aromatic nitrogens is 3. The summed E-state index contributed by atoms with van der Waals surface area (Å²) in [5.41, 5.74) is 2.99. The van der Waals surface area contributed by atoms with Gasteiger partial charge < -0.3 is 9.80 Å². The smallest absolute Gasteiger partial charge is 0.274 e. The van der Waals surface area contributed by atoms with Crippen molar-refractivity contribution in [2.45, 2.75) is 32.7 Å². The highest BCUT2D eigenvalue weighted by molar-refractivity contribution is 5.92. The van der Waals surface area contributed by atoms with Crippen molar-refractivity contribution in [3.8, 4) is 6.07 Å². The molecule has 0 N–H and O–H groups in total. The van der Waals surface area contributed by atoms with Crippen LogP contribution < -0.4 is 4.90 Å². The van der Waals surface area contributed by atoms with Gasteiger partial charge in [-0.1, -0.05) is 0 Å². The van der Waals surface area contributed by atoms with Gasteiger partial charge in [0.15, 0.2) is 0 Å². The Morgan fingerprint density at radius 2 is 2.04 bits per heavy atom. The summed E-state index contributed by atoms with van der Waals surface area (Å²) in [5.74, 6) is 0.716. The van der Waals surface area contributed by atoms with E-state index in [-0.39, 0.29) is 11.9 Å². The number of nitriles is 1. The largest absolute Gasteiger partial charge is 0.355 e. The standard InChI is InChI=1S/C19H24N6O/c1-13-11-14(2)21-18(16(13)12-20)25-9-5-15(6-10-25)24(4)19(26)17-7-8-23(3)22-17/h7-8,11,15H,5-6,9-10H2,1-4H3. The molecule has 1 amide bonds. The molecule has 136 valence electrons. The first-order valence-corrected chi connectivity index (χ1v) is 8.80. The molecule has 1 aliphatic rings. The highest BCUT2D eigenvalue weighted by Crippen LogP contribution is 2.26. The Hall–Kier alpha value is -2.88. The average Bonchev–Trinajstić information content (AvgIpc) is 3.06. The molecule has 0 spiro atoms. The van der Waals surface area contributed by atoms with Crippen LogP contribution in [0.2, 0.25) is 0 Å². The van der Waals surface area contributed by atoms with E-state index >= 15 is 0 Å². The summed E-state index contributed by atoms with van der Waals surface area (Å²) in [6.07, 6.45) is 3.46. The van der Waals surface area contributed by atoms with E-state index in [4.69, 9.17) is 0 Å². The predicted octanol–water partition coefficient (Wildman–Crippen LogP) is 2.04. The van der Waals surface area contributed by atoms with Gasteiger partial charge in [-0.05, 0) is 44.4 Å². The monoisotopic (exact) mass is 352 g/mol. The number of piperidine rings is 1. The molecule has 0 saturated carbocycles. The molecule has 1 fully saturated rings. The third kappa shape index (κ3) is 3.40. The van der Waals surface area contributed by atoms with E-state index in [9.17, 15) is 10.1 Å². The Labute approximate surface area is 153 Å². The van der Waals surface area contributed by atoms with Crippen molar-refractivity contribution in [2.24, 2.45) is 7.05 Å². The van der Waals surface area contributed by atoms with Crippen LogP contribution in [-0.4, -0.2) is 51.8 Å².